The van der Waals surface area contributed by atoms with Crippen LogP contribution in [0.1, 0.15) is 25.7 Å². The molecule has 1 rings (SSSR count). The van der Waals surface area contributed by atoms with Gasteiger partial charge in [-0.15, -0.1) is 13.2 Å². The van der Waals surface area contributed by atoms with Gasteiger partial charge in [-0.25, -0.2) is 0 Å². The van der Waals surface area contributed by atoms with Crippen LogP contribution in [0, 0.1) is 0 Å². The number of aliphatic hydroxyl groups is 1. The van der Waals surface area contributed by atoms with E-state index in [9.17, 15) is 0 Å². The minimum Gasteiger partial charge on any atom is -0.396 e. The summed E-state index contributed by atoms with van der Waals surface area (Å²) in [6.07, 6.45) is 5.05. The van der Waals surface area contributed by atoms with Crippen molar-refractivity contribution in [2.45, 2.75) is 25.7 Å². The van der Waals surface area contributed by atoms with Gasteiger partial charge >= 0.3 is 0 Å². The Morgan fingerprint density at radius 2 is 1.67 bits per heavy atom. The van der Waals surface area contributed by atoms with Crippen molar-refractivity contribution in [3.8, 4) is 0 Å². The maximum atomic E-state index is 8.57. The Balaban J connectivity index is 0.000000561. The van der Waals surface area contributed by atoms with Gasteiger partial charge in [0, 0.05) is 13.2 Å². The van der Waals surface area contributed by atoms with Crippen LogP contribution in [0.4, 0.5) is 0 Å². The van der Waals surface area contributed by atoms with Crippen LogP contribution in [-0.4, -0.2) is 36.2 Å². The van der Waals surface area contributed by atoms with E-state index in [4.69, 9.17) is 5.11 Å². The summed E-state index contributed by atoms with van der Waals surface area (Å²) >= 11 is 0. The van der Waals surface area contributed by atoms with Crippen molar-refractivity contribution in [1.82, 2.24) is 4.90 Å². The minimum atomic E-state index is 0.344. The molecule has 2 heteroatoms. The van der Waals surface area contributed by atoms with Crippen LogP contribution in [0.15, 0.2) is 13.2 Å². The van der Waals surface area contributed by atoms with Crippen LogP contribution >= 0.6 is 0 Å². The van der Waals surface area contributed by atoms with E-state index < -0.39 is 0 Å². The lowest BCUT2D eigenvalue weighted by molar-refractivity contribution is 0.198. The summed E-state index contributed by atoms with van der Waals surface area (Å²) in [7, 11) is 0. The van der Waals surface area contributed by atoms with Crippen LogP contribution < -0.4 is 0 Å². The average molecular weight is 171 g/mol. The summed E-state index contributed by atoms with van der Waals surface area (Å²) in [5.41, 5.74) is 0. The molecule has 1 fully saturated rings. The molecular weight excluding hydrogens is 150 g/mol. The minimum absolute atomic E-state index is 0.344. The van der Waals surface area contributed by atoms with Gasteiger partial charge in [-0.05, 0) is 32.4 Å². The van der Waals surface area contributed by atoms with Crippen LogP contribution in [0.2, 0.25) is 0 Å². The SMILES string of the molecule is C=C.OCCCN1CCCCC1. The molecule has 0 saturated carbocycles. The normalized spacial score (nSPS) is 18.1. The first kappa shape index (κ1) is 11.7. The molecule has 12 heavy (non-hydrogen) atoms. The third kappa shape index (κ3) is 5.33. The third-order valence-electron chi connectivity index (χ3n) is 2.08. The Kier molecular flexibility index (Phi) is 8.51. The predicted molar refractivity (Wildman–Crippen MR) is 53.2 cm³/mol. The van der Waals surface area contributed by atoms with Gasteiger partial charge in [-0.1, -0.05) is 6.42 Å². The highest BCUT2D eigenvalue weighted by Gasteiger charge is 2.07. The maximum absolute atomic E-state index is 8.57. The van der Waals surface area contributed by atoms with E-state index in [0.29, 0.717) is 6.61 Å². The standard InChI is InChI=1S/C8H17NO.C2H4/c10-8-4-7-9-5-2-1-3-6-9;1-2/h10H,1-8H2;1-2H2. The number of nitrogens with zero attached hydrogens (tertiary/aromatic N) is 1. The van der Waals surface area contributed by atoms with Gasteiger partial charge in [-0.2, -0.15) is 0 Å². The highest BCUT2D eigenvalue weighted by Crippen LogP contribution is 2.08. The Labute approximate surface area is 75.9 Å². The highest BCUT2D eigenvalue weighted by atomic mass is 16.3. The summed E-state index contributed by atoms with van der Waals surface area (Å²) in [6, 6.07) is 0. The number of aliphatic hydroxyl groups excluding tert-OH is 1. The molecule has 0 aromatic carbocycles. The average Bonchev–Trinajstić information content (AvgIpc) is 2.19. The van der Waals surface area contributed by atoms with E-state index in [1.807, 2.05) is 0 Å². The Morgan fingerprint density at radius 3 is 2.17 bits per heavy atom. The lowest BCUT2D eigenvalue weighted by Gasteiger charge is -2.25. The van der Waals surface area contributed by atoms with Crippen molar-refractivity contribution in [2.24, 2.45) is 0 Å². The third-order valence-corrected chi connectivity index (χ3v) is 2.08. The Morgan fingerprint density at radius 1 is 1.08 bits per heavy atom. The van der Waals surface area contributed by atoms with Crippen molar-refractivity contribution in [2.75, 3.05) is 26.2 Å². The van der Waals surface area contributed by atoms with Crippen molar-refractivity contribution in [1.29, 1.82) is 0 Å². The molecule has 1 N–H and O–H groups in total. The molecule has 0 bridgehead atoms. The topological polar surface area (TPSA) is 23.5 Å². The molecule has 0 radical (unpaired) electrons. The zero-order valence-electron chi connectivity index (χ0n) is 7.97. The lowest BCUT2D eigenvalue weighted by Crippen LogP contribution is -2.30. The monoisotopic (exact) mass is 171 g/mol. The van der Waals surface area contributed by atoms with Gasteiger partial charge in [0.2, 0.25) is 0 Å². The van der Waals surface area contributed by atoms with Gasteiger partial charge in [0.05, 0.1) is 0 Å². The number of likely N-dealkylation sites (tertiary alicyclic amines) is 1. The number of piperidine rings is 1. The van der Waals surface area contributed by atoms with Crippen LogP contribution in [0.25, 0.3) is 0 Å². The van der Waals surface area contributed by atoms with Crippen LogP contribution in [0.5, 0.6) is 0 Å². The Hall–Kier alpha value is -0.340. The van der Waals surface area contributed by atoms with Gasteiger partial charge in [-0.3, -0.25) is 0 Å². The molecule has 0 amide bonds. The number of hydrogen-bond acceptors (Lipinski definition) is 2. The second-order valence-corrected chi connectivity index (χ2v) is 2.98. The molecule has 0 aromatic rings. The van der Waals surface area contributed by atoms with E-state index in [2.05, 4.69) is 18.1 Å². The molecule has 0 spiro atoms. The quantitative estimate of drug-likeness (QED) is 0.653. The van der Waals surface area contributed by atoms with Crippen molar-refractivity contribution >= 4 is 0 Å². The molecule has 1 saturated heterocycles. The van der Waals surface area contributed by atoms with Gasteiger partial charge < -0.3 is 10.0 Å². The number of hydrogen-bond donors (Lipinski definition) is 1. The smallest absolute Gasteiger partial charge is 0.0443 e. The Bertz CT molecular complexity index is 89.8. The summed E-state index contributed by atoms with van der Waals surface area (Å²) < 4.78 is 0. The fraction of sp³-hybridized carbons (Fsp3) is 0.800. The second kappa shape index (κ2) is 8.75. The predicted octanol–water partition coefficient (Wildman–Crippen LogP) is 1.66. The van der Waals surface area contributed by atoms with Gasteiger partial charge in [0.25, 0.3) is 0 Å². The van der Waals surface area contributed by atoms with Crippen LogP contribution in [-0.2, 0) is 0 Å². The molecule has 1 aliphatic heterocycles. The first-order chi connectivity index (χ1) is 5.93. The van der Waals surface area contributed by atoms with E-state index in [0.717, 1.165) is 13.0 Å². The van der Waals surface area contributed by atoms with Crippen LogP contribution in [0.3, 0.4) is 0 Å². The second-order valence-electron chi connectivity index (χ2n) is 2.98. The summed E-state index contributed by atoms with van der Waals surface area (Å²) in [6.45, 7) is 9.94. The fourth-order valence-corrected chi connectivity index (χ4v) is 1.48. The van der Waals surface area contributed by atoms with E-state index in [1.165, 1.54) is 32.4 Å². The molecule has 2 nitrogen and oxygen atoms in total. The summed E-state index contributed by atoms with van der Waals surface area (Å²) in [5.74, 6) is 0. The van der Waals surface area contributed by atoms with Crippen molar-refractivity contribution < 1.29 is 5.11 Å². The summed E-state index contributed by atoms with van der Waals surface area (Å²) in [5, 5.41) is 8.57. The van der Waals surface area contributed by atoms with Crippen molar-refractivity contribution in [3.05, 3.63) is 13.2 Å². The molecular formula is C10H21NO. The van der Waals surface area contributed by atoms with Gasteiger partial charge in [0.1, 0.15) is 0 Å². The largest absolute Gasteiger partial charge is 0.396 e. The maximum Gasteiger partial charge on any atom is 0.0443 e. The zero-order valence-corrected chi connectivity index (χ0v) is 7.97. The van der Waals surface area contributed by atoms with Gasteiger partial charge in [0.15, 0.2) is 0 Å². The molecule has 72 valence electrons. The molecule has 0 aromatic heterocycles. The number of rotatable bonds is 3. The van der Waals surface area contributed by atoms with Crippen molar-refractivity contribution in [3.63, 3.8) is 0 Å². The summed E-state index contributed by atoms with van der Waals surface area (Å²) in [4.78, 5) is 2.44. The van der Waals surface area contributed by atoms with E-state index >= 15 is 0 Å². The van der Waals surface area contributed by atoms with E-state index in [1.54, 1.807) is 0 Å². The van der Waals surface area contributed by atoms with E-state index in [-0.39, 0.29) is 0 Å². The zero-order chi connectivity index (χ0) is 9.23. The fourth-order valence-electron chi connectivity index (χ4n) is 1.48. The molecule has 0 aliphatic carbocycles. The highest BCUT2D eigenvalue weighted by molar-refractivity contribution is 4.63. The molecule has 1 heterocycles. The molecule has 0 unspecified atom stereocenters. The molecule has 0 atom stereocenters. The lowest BCUT2D eigenvalue weighted by atomic mass is 10.1. The first-order valence-electron chi connectivity index (χ1n) is 4.76. The molecule has 1 aliphatic rings. The first-order valence-corrected chi connectivity index (χ1v) is 4.76.